The van der Waals surface area contributed by atoms with Gasteiger partial charge in [0.15, 0.2) is 0 Å². The molecule has 82 valence electrons. The van der Waals surface area contributed by atoms with Crippen molar-refractivity contribution in [1.82, 2.24) is 0 Å². The van der Waals surface area contributed by atoms with E-state index in [0.29, 0.717) is 6.61 Å². The number of rotatable bonds is 2. The van der Waals surface area contributed by atoms with Crippen LogP contribution >= 0.6 is 0 Å². The van der Waals surface area contributed by atoms with Crippen molar-refractivity contribution in [2.45, 2.75) is 26.2 Å². The Hall–Kier alpha value is -0.790. The van der Waals surface area contributed by atoms with Gasteiger partial charge in [-0.2, -0.15) is 0 Å². The Balaban J connectivity index is 1.68. The van der Waals surface area contributed by atoms with Gasteiger partial charge in [0.05, 0.1) is 12.5 Å². The lowest BCUT2D eigenvalue weighted by Gasteiger charge is -2.18. The second-order valence-corrected chi connectivity index (χ2v) is 5.20. The van der Waals surface area contributed by atoms with Gasteiger partial charge in [-0.25, -0.2) is 0 Å². The van der Waals surface area contributed by atoms with E-state index in [0.717, 1.165) is 36.5 Å². The summed E-state index contributed by atoms with van der Waals surface area (Å²) in [5.74, 6) is 3.37. The fourth-order valence-electron chi connectivity index (χ4n) is 3.93. The Morgan fingerprint density at radius 2 is 1.80 bits per heavy atom. The van der Waals surface area contributed by atoms with Gasteiger partial charge in [-0.05, 0) is 49.9 Å². The number of fused-ring (bicyclic) bond motifs is 5. The molecule has 3 rings (SSSR count). The second-order valence-electron chi connectivity index (χ2n) is 5.20. The third-order valence-corrected chi connectivity index (χ3v) is 4.53. The standard InChI is InChI=1S/C13H18O2/c1-2-15-13(14)10-6-11-8-3-4-9(5-8)12(11)7-10/h3-4,8-12H,2,5-7H2,1H3. The van der Waals surface area contributed by atoms with Gasteiger partial charge in [0.1, 0.15) is 0 Å². The molecule has 2 nitrogen and oxygen atoms in total. The van der Waals surface area contributed by atoms with E-state index in [-0.39, 0.29) is 11.9 Å². The highest BCUT2D eigenvalue weighted by Crippen LogP contribution is 2.57. The normalized spacial score (nSPS) is 45.8. The van der Waals surface area contributed by atoms with Gasteiger partial charge >= 0.3 is 5.97 Å². The quantitative estimate of drug-likeness (QED) is 0.512. The predicted molar refractivity (Wildman–Crippen MR) is 57.1 cm³/mol. The average Bonchev–Trinajstić information content (AvgIpc) is 2.90. The molecule has 3 aliphatic carbocycles. The van der Waals surface area contributed by atoms with Crippen LogP contribution in [0.5, 0.6) is 0 Å². The third-order valence-electron chi connectivity index (χ3n) is 4.53. The molecule has 0 heterocycles. The first-order valence-corrected chi connectivity index (χ1v) is 6.14. The molecule has 0 aromatic heterocycles. The van der Waals surface area contributed by atoms with Crippen molar-refractivity contribution in [2.75, 3.05) is 6.61 Å². The maximum Gasteiger partial charge on any atom is 0.308 e. The van der Waals surface area contributed by atoms with Gasteiger partial charge < -0.3 is 4.74 Å². The van der Waals surface area contributed by atoms with Crippen LogP contribution in [0.15, 0.2) is 12.2 Å². The zero-order valence-electron chi connectivity index (χ0n) is 9.19. The number of carbonyl (C=O) groups excluding carboxylic acids is 1. The minimum Gasteiger partial charge on any atom is -0.466 e. The van der Waals surface area contributed by atoms with E-state index in [1.165, 1.54) is 6.42 Å². The van der Waals surface area contributed by atoms with Gasteiger partial charge in [-0.1, -0.05) is 12.2 Å². The average molecular weight is 206 g/mol. The van der Waals surface area contributed by atoms with Gasteiger partial charge in [-0.3, -0.25) is 4.79 Å². The number of esters is 1. The highest BCUT2D eigenvalue weighted by atomic mass is 16.5. The lowest BCUT2D eigenvalue weighted by Crippen LogP contribution is -2.16. The lowest BCUT2D eigenvalue weighted by molar-refractivity contribution is -0.148. The van der Waals surface area contributed by atoms with Gasteiger partial charge in [0, 0.05) is 0 Å². The zero-order valence-corrected chi connectivity index (χ0v) is 9.19. The number of allylic oxidation sites excluding steroid dienone is 2. The monoisotopic (exact) mass is 206 g/mol. The minimum absolute atomic E-state index is 0.0475. The van der Waals surface area contributed by atoms with E-state index in [1.54, 1.807) is 0 Å². The van der Waals surface area contributed by atoms with Crippen molar-refractivity contribution in [3.63, 3.8) is 0 Å². The molecule has 0 radical (unpaired) electrons. The number of hydrogen-bond donors (Lipinski definition) is 0. The summed E-state index contributed by atoms with van der Waals surface area (Å²) in [6.45, 7) is 2.41. The van der Waals surface area contributed by atoms with Crippen LogP contribution < -0.4 is 0 Å². The molecule has 3 aliphatic rings. The molecule has 15 heavy (non-hydrogen) atoms. The summed E-state index contributed by atoms with van der Waals surface area (Å²) in [5, 5.41) is 0. The van der Waals surface area contributed by atoms with Crippen molar-refractivity contribution < 1.29 is 9.53 Å². The smallest absolute Gasteiger partial charge is 0.308 e. The van der Waals surface area contributed by atoms with E-state index < -0.39 is 0 Å². The minimum atomic E-state index is 0.0475. The molecule has 4 unspecified atom stereocenters. The predicted octanol–water partition coefficient (Wildman–Crippen LogP) is 2.40. The molecule has 0 spiro atoms. The number of ether oxygens (including phenoxy) is 1. The molecule has 0 aromatic rings. The van der Waals surface area contributed by atoms with Crippen LogP contribution in [-0.4, -0.2) is 12.6 Å². The Bertz CT molecular complexity index is 288. The molecular weight excluding hydrogens is 188 g/mol. The molecule has 0 aliphatic heterocycles. The molecule has 4 atom stereocenters. The van der Waals surface area contributed by atoms with E-state index in [1.807, 2.05) is 6.92 Å². The lowest BCUT2D eigenvalue weighted by atomic mass is 9.86. The molecule has 2 fully saturated rings. The van der Waals surface area contributed by atoms with Crippen LogP contribution in [0.4, 0.5) is 0 Å². The molecular formula is C13H18O2. The summed E-state index contributed by atoms with van der Waals surface area (Å²) in [5.41, 5.74) is 0. The third kappa shape index (κ3) is 1.34. The van der Waals surface area contributed by atoms with Crippen molar-refractivity contribution in [2.24, 2.45) is 29.6 Å². The second kappa shape index (κ2) is 3.36. The van der Waals surface area contributed by atoms with Crippen LogP contribution in [0, 0.1) is 29.6 Å². The molecule has 0 N–H and O–H groups in total. The van der Waals surface area contributed by atoms with E-state index in [4.69, 9.17) is 4.74 Å². The Kier molecular flexibility index (Phi) is 2.11. The number of carbonyl (C=O) groups is 1. The zero-order chi connectivity index (χ0) is 10.4. The highest BCUT2D eigenvalue weighted by molar-refractivity contribution is 5.73. The molecule has 0 amide bonds. The van der Waals surface area contributed by atoms with Crippen LogP contribution in [-0.2, 0) is 9.53 Å². The molecule has 2 heteroatoms. The van der Waals surface area contributed by atoms with Gasteiger partial charge in [0.25, 0.3) is 0 Å². The SMILES string of the molecule is CCOC(=O)C1CC2C3C=CC(C3)C2C1. The summed E-state index contributed by atoms with van der Waals surface area (Å²) in [7, 11) is 0. The van der Waals surface area contributed by atoms with Crippen molar-refractivity contribution >= 4 is 5.97 Å². The Morgan fingerprint density at radius 3 is 2.33 bits per heavy atom. The molecule has 0 saturated heterocycles. The van der Waals surface area contributed by atoms with Crippen LogP contribution in [0.1, 0.15) is 26.2 Å². The van der Waals surface area contributed by atoms with E-state index in [9.17, 15) is 4.79 Å². The largest absolute Gasteiger partial charge is 0.466 e. The van der Waals surface area contributed by atoms with Crippen LogP contribution in [0.25, 0.3) is 0 Å². The van der Waals surface area contributed by atoms with Gasteiger partial charge in [0.2, 0.25) is 0 Å². The fraction of sp³-hybridized carbons (Fsp3) is 0.769. The van der Waals surface area contributed by atoms with Crippen LogP contribution in [0.2, 0.25) is 0 Å². The maximum atomic E-state index is 11.7. The van der Waals surface area contributed by atoms with Crippen molar-refractivity contribution in [3.8, 4) is 0 Å². The summed E-state index contributed by atoms with van der Waals surface area (Å²) < 4.78 is 5.12. The first kappa shape index (κ1) is 9.44. The van der Waals surface area contributed by atoms with E-state index in [2.05, 4.69) is 12.2 Å². The number of hydrogen-bond acceptors (Lipinski definition) is 2. The molecule has 0 aromatic carbocycles. The first-order chi connectivity index (χ1) is 7.29. The first-order valence-electron chi connectivity index (χ1n) is 6.14. The summed E-state index contributed by atoms with van der Waals surface area (Å²) >= 11 is 0. The van der Waals surface area contributed by atoms with Crippen molar-refractivity contribution in [3.05, 3.63) is 12.2 Å². The summed E-state index contributed by atoms with van der Waals surface area (Å²) in [6.07, 6.45) is 8.26. The molecule has 2 saturated carbocycles. The highest BCUT2D eigenvalue weighted by Gasteiger charge is 2.51. The summed E-state index contributed by atoms with van der Waals surface area (Å²) in [4.78, 5) is 11.7. The molecule has 2 bridgehead atoms. The maximum absolute atomic E-state index is 11.7. The summed E-state index contributed by atoms with van der Waals surface area (Å²) in [6, 6.07) is 0. The van der Waals surface area contributed by atoms with Crippen LogP contribution in [0.3, 0.4) is 0 Å². The Labute approximate surface area is 90.7 Å². The van der Waals surface area contributed by atoms with Crippen molar-refractivity contribution in [1.29, 1.82) is 0 Å². The fourth-order valence-corrected chi connectivity index (χ4v) is 3.93. The van der Waals surface area contributed by atoms with Gasteiger partial charge in [-0.15, -0.1) is 0 Å². The van der Waals surface area contributed by atoms with E-state index >= 15 is 0 Å². The Morgan fingerprint density at radius 1 is 1.20 bits per heavy atom. The topological polar surface area (TPSA) is 26.3 Å².